The van der Waals surface area contributed by atoms with E-state index in [0.29, 0.717) is 6.61 Å². The fourth-order valence-electron chi connectivity index (χ4n) is 2.43. The van der Waals surface area contributed by atoms with Crippen molar-refractivity contribution in [3.63, 3.8) is 0 Å². The maximum Gasteiger partial charge on any atom is 0.162 e. The summed E-state index contributed by atoms with van der Waals surface area (Å²) < 4.78 is 5.20. The minimum absolute atomic E-state index is 0.173. The van der Waals surface area contributed by atoms with Gasteiger partial charge in [-0.05, 0) is 19.1 Å². The summed E-state index contributed by atoms with van der Waals surface area (Å²) in [6.07, 6.45) is 0. The normalized spacial score (nSPS) is 12.3. The van der Waals surface area contributed by atoms with Crippen molar-refractivity contribution in [2.75, 3.05) is 19.0 Å². The smallest absolute Gasteiger partial charge is 0.162 e. The molecule has 1 aromatic heterocycles. The van der Waals surface area contributed by atoms with E-state index in [9.17, 15) is 0 Å². The standard InChI is InChI=1S/C18H19N3O/c1-13(12-22-2)19-18-15-10-6-7-11-16(15)20-17(21-18)14-8-4-3-5-9-14/h3-11,13H,12H2,1-2H3,(H,19,20,21). The van der Waals surface area contributed by atoms with Crippen LogP contribution in [-0.2, 0) is 4.74 Å². The van der Waals surface area contributed by atoms with Crippen LogP contribution in [0.4, 0.5) is 5.82 Å². The Morgan fingerprint density at radius 2 is 1.73 bits per heavy atom. The predicted molar refractivity (Wildman–Crippen MR) is 89.9 cm³/mol. The Hall–Kier alpha value is -2.46. The molecule has 0 aliphatic rings. The molecular formula is C18H19N3O. The van der Waals surface area contributed by atoms with Gasteiger partial charge in [-0.2, -0.15) is 0 Å². The van der Waals surface area contributed by atoms with E-state index in [-0.39, 0.29) is 6.04 Å². The molecule has 3 rings (SSSR count). The lowest BCUT2D eigenvalue weighted by molar-refractivity contribution is 0.190. The molecule has 0 spiro atoms. The van der Waals surface area contributed by atoms with Gasteiger partial charge in [0.05, 0.1) is 12.1 Å². The minimum atomic E-state index is 0.173. The molecule has 1 N–H and O–H groups in total. The quantitative estimate of drug-likeness (QED) is 0.778. The van der Waals surface area contributed by atoms with Crippen LogP contribution in [0.2, 0.25) is 0 Å². The summed E-state index contributed by atoms with van der Waals surface area (Å²) in [5, 5.41) is 4.44. The fourth-order valence-corrected chi connectivity index (χ4v) is 2.43. The molecule has 22 heavy (non-hydrogen) atoms. The lowest BCUT2D eigenvalue weighted by atomic mass is 10.2. The number of hydrogen-bond acceptors (Lipinski definition) is 4. The Labute approximate surface area is 130 Å². The van der Waals surface area contributed by atoms with Crippen molar-refractivity contribution in [2.24, 2.45) is 0 Å². The van der Waals surface area contributed by atoms with Crippen LogP contribution in [0.1, 0.15) is 6.92 Å². The Morgan fingerprint density at radius 3 is 2.50 bits per heavy atom. The van der Waals surface area contributed by atoms with Crippen LogP contribution in [0.5, 0.6) is 0 Å². The van der Waals surface area contributed by atoms with Crippen molar-refractivity contribution < 1.29 is 4.74 Å². The number of nitrogens with zero attached hydrogens (tertiary/aromatic N) is 2. The average Bonchev–Trinajstić information content (AvgIpc) is 2.56. The molecule has 3 aromatic rings. The zero-order valence-electron chi connectivity index (χ0n) is 12.8. The number of aromatic nitrogens is 2. The van der Waals surface area contributed by atoms with Crippen molar-refractivity contribution in [1.82, 2.24) is 9.97 Å². The topological polar surface area (TPSA) is 47.0 Å². The first-order valence-corrected chi connectivity index (χ1v) is 7.35. The molecule has 2 aromatic carbocycles. The van der Waals surface area contributed by atoms with E-state index < -0.39 is 0 Å². The Balaban J connectivity index is 2.08. The molecule has 0 radical (unpaired) electrons. The highest BCUT2D eigenvalue weighted by Crippen LogP contribution is 2.25. The lowest BCUT2D eigenvalue weighted by Crippen LogP contribution is -2.21. The summed E-state index contributed by atoms with van der Waals surface area (Å²) in [6, 6.07) is 18.2. The molecule has 1 heterocycles. The van der Waals surface area contributed by atoms with E-state index in [4.69, 9.17) is 9.72 Å². The van der Waals surface area contributed by atoms with Gasteiger partial charge >= 0.3 is 0 Å². The highest BCUT2D eigenvalue weighted by molar-refractivity contribution is 5.90. The number of anilines is 1. The number of rotatable bonds is 5. The summed E-state index contributed by atoms with van der Waals surface area (Å²) in [7, 11) is 1.70. The zero-order chi connectivity index (χ0) is 15.4. The first-order chi connectivity index (χ1) is 10.8. The molecule has 0 saturated carbocycles. The van der Waals surface area contributed by atoms with Crippen molar-refractivity contribution >= 4 is 16.7 Å². The molecule has 0 aliphatic carbocycles. The Morgan fingerprint density at radius 1 is 1.00 bits per heavy atom. The summed E-state index contributed by atoms with van der Waals surface area (Å²) in [4.78, 5) is 9.39. The van der Waals surface area contributed by atoms with Gasteiger partial charge in [-0.1, -0.05) is 42.5 Å². The first-order valence-electron chi connectivity index (χ1n) is 7.35. The molecule has 0 saturated heterocycles. The molecule has 4 heteroatoms. The van der Waals surface area contributed by atoms with Gasteiger partial charge < -0.3 is 10.1 Å². The van der Waals surface area contributed by atoms with Gasteiger partial charge in [0.15, 0.2) is 5.82 Å². The zero-order valence-corrected chi connectivity index (χ0v) is 12.8. The summed E-state index contributed by atoms with van der Waals surface area (Å²) in [6.45, 7) is 2.70. The monoisotopic (exact) mass is 293 g/mol. The third-order valence-electron chi connectivity index (χ3n) is 3.44. The van der Waals surface area contributed by atoms with E-state index in [1.807, 2.05) is 54.6 Å². The van der Waals surface area contributed by atoms with Crippen LogP contribution in [0.3, 0.4) is 0 Å². The van der Waals surface area contributed by atoms with Gasteiger partial charge in [0, 0.05) is 24.1 Å². The fraction of sp³-hybridized carbons (Fsp3) is 0.222. The lowest BCUT2D eigenvalue weighted by Gasteiger charge is -2.16. The van der Waals surface area contributed by atoms with Crippen molar-refractivity contribution in [1.29, 1.82) is 0 Å². The Kier molecular flexibility index (Phi) is 4.30. The number of methoxy groups -OCH3 is 1. The van der Waals surface area contributed by atoms with Crippen molar-refractivity contribution in [2.45, 2.75) is 13.0 Å². The molecule has 1 unspecified atom stereocenters. The van der Waals surface area contributed by atoms with Crippen LogP contribution in [0.15, 0.2) is 54.6 Å². The number of ether oxygens (including phenoxy) is 1. The molecule has 1 atom stereocenters. The van der Waals surface area contributed by atoms with Gasteiger partial charge in [-0.3, -0.25) is 0 Å². The molecule has 4 nitrogen and oxygen atoms in total. The van der Waals surface area contributed by atoms with Crippen LogP contribution < -0.4 is 5.32 Å². The largest absolute Gasteiger partial charge is 0.383 e. The van der Waals surface area contributed by atoms with E-state index in [1.54, 1.807) is 7.11 Å². The molecule has 112 valence electrons. The number of fused-ring (bicyclic) bond motifs is 1. The summed E-state index contributed by atoms with van der Waals surface area (Å²) >= 11 is 0. The number of nitrogens with one attached hydrogen (secondary N) is 1. The molecule has 0 aliphatic heterocycles. The molecule has 0 fully saturated rings. The van der Waals surface area contributed by atoms with Crippen LogP contribution in [-0.4, -0.2) is 29.7 Å². The maximum atomic E-state index is 5.20. The second-order valence-corrected chi connectivity index (χ2v) is 5.28. The van der Waals surface area contributed by atoms with Crippen LogP contribution >= 0.6 is 0 Å². The highest BCUT2D eigenvalue weighted by Gasteiger charge is 2.11. The molecule has 0 amide bonds. The summed E-state index contributed by atoms with van der Waals surface area (Å²) in [5.74, 6) is 1.57. The van der Waals surface area contributed by atoms with E-state index in [0.717, 1.165) is 28.1 Å². The SMILES string of the molecule is COCC(C)Nc1nc(-c2ccccc2)nc2ccccc12. The number of para-hydroxylation sites is 1. The maximum absolute atomic E-state index is 5.20. The highest BCUT2D eigenvalue weighted by atomic mass is 16.5. The first kappa shape index (κ1) is 14.5. The van der Waals surface area contributed by atoms with Gasteiger partial charge in [0.2, 0.25) is 0 Å². The van der Waals surface area contributed by atoms with E-state index >= 15 is 0 Å². The number of benzene rings is 2. The second-order valence-electron chi connectivity index (χ2n) is 5.28. The Bertz CT molecular complexity index is 759. The summed E-state index contributed by atoms with van der Waals surface area (Å²) in [5.41, 5.74) is 1.94. The van der Waals surface area contributed by atoms with Gasteiger partial charge in [0.1, 0.15) is 5.82 Å². The number of hydrogen-bond donors (Lipinski definition) is 1. The third-order valence-corrected chi connectivity index (χ3v) is 3.44. The van der Waals surface area contributed by atoms with Gasteiger partial charge in [-0.25, -0.2) is 9.97 Å². The van der Waals surface area contributed by atoms with E-state index in [2.05, 4.69) is 17.2 Å². The van der Waals surface area contributed by atoms with E-state index in [1.165, 1.54) is 0 Å². The minimum Gasteiger partial charge on any atom is -0.383 e. The molecule has 0 bridgehead atoms. The third kappa shape index (κ3) is 3.07. The van der Waals surface area contributed by atoms with Gasteiger partial charge in [0.25, 0.3) is 0 Å². The predicted octanol–water partition coefficient (Wildman–Crippen LogP) is 3.74. The second kappa shape index (κ2) is 6.54. The average molecular weight is 293 g/mol. The van der Waals surface area contributed by atoms with Crippen molar-refractivity contribution in [3.05, 3.63) is 54.6 Å². The molecular weight excluding hydrogens is 274 g/mol. The van der Waals surface area contributed by atoms with Crippen LogP contribution in [0.25, 0.3) is 22.3 Å². The van der Waals surface area contributed by atoms with Crippen molar-refractivity contribution in [3.8, 4) is 11.4 Å². The van der Waals surface area contributed by atoms with Crippen LogP contribution in [0, 0.1) is 0 Å². The van der Waals surface area contributed by atoms with Gasteiger partial charge in [-0.15, -0.1) is 0 Å².